The van der Waals surface area contributed by atoms with E-state index in [1.54, 1.807) is 19.1 Å². The van der Waals surface area contributed by atoms with Gasteiger partial charge in [0.25, 0.3) is 0 Å². The lowest BCUT2D eigenvalue weighted by Gasteiger charge is -2.18. The molecule has 0 bridgehead atoms. The summed E-state index contributed by atoms with van der Waals surface area (Å²) in [6.07, 6.45) is 0.150. The number of aryl methyl sites for hydroxylation is 2. The third kappa shape index (κ3) is 4.30. The summed E-state index contributed by atoms with van der Waals surface area (Å²) in [5, 5.41) is 9.82. The molecular weight excluding hydrogens is 262 g/mol. The standard InChI is InChI=1S/C14H23NO3S/c1-5-11(3)13(16)9-15-19(17,18)14-8-10(2)6-7-12(14)4/h6-8,11,13,15-16H,5,9H2,1-4H3. The highest BCUT2D eigenvalue weighted by atomic mass is 32.2. The maximum absolute atomic E-state index is 12.2. The van der Waals surface area contributed by atoms with E-state index in [1.165, 1.54) is 0 Å². The van der Waals surface area contributed by atoms with Gasteiger partial charge in [-0.2, -0.15) is 0 Å². The van der Waals surface area contributed by atoms with E-state index in [1.807, 2.05) is 26.8 Å². The Kier molecular flexibility index (Phi) is 5.52. The van der Waals surface area contributed by atoms with Crippen LogP contribution in [-0.4, -0.2) is 26.2 Å². The molecule has 2 atom stereocenters. The Bertz CT molecular complexity index is 525. The van der Waals surface area contributed by atoms with Gasteiger partial charge in [0.15, 0.2) is 0 Å². The summed E-state index contributed by atoms with van der Waals surface area (Å²) in [4.78, 5) is 0.281. The molecule has 0 aliphatic rings. The second kappa shape index (κ2) is 6.50. The summed E-state index contributed by atoms with van der Waals surface area (Å²) < 4.78 is 26.9. The van der Waals surface area contributed by atoms with E-state index in [0.29, 0.717) is 5.56 Å². The molecule has 1 rings (SSSR count). The fourth-order valence-corrected chi connectivity index (χ4v) is 3.12. The molecule has 2 N–H and O–H groups in total. The average Bonchev–Trinajstić information content (AvgIpc) is 2.37. The van der Waals surface area contributed by atoms with Crippen LogP contribution in [0, 0.1) is 19.8 Å². The molecule has 0 saturated carbocycles. The zero-order chi connectivity index (χ0) is 14.6. The minimum Gasteiger partial charge on any atom is -0.391 e. The van der Waals surface area contributed by atoms with Crippen molar-refractivity contribution < 1.29 is 13.5 Å². The molecule has 19 heavy (non-hydrogen) atoms. The van der Waals surface area contributed by atoms with Gasteiger partial charge in [0.05, 0.1) is 11.0 Å². The van der Waals surface area contributed by atoms with E-state index in [-0.39, 0.29) is 17.4 Å². The Balaban J connectivity index is 2.85. The van der Waals surface area contributed by atoms with Crippen LogP contribution in [0.2, 0.25) is 0 Å². The molecule has 0 saturated heterocycles. The Labute approximate surface area is 115 Å². The number of aliphatic hydroxyl groups excluding tert-OH is 1. The molecule has 0 aromatic heterocycles. The summed E-state index contributed by atoms with van der Waals surface area (Å²) in [5.41, 5.74) is 1.60. The van der Waals surface area contributed by atoms with Gasteiger partial charge in [0, 0.05) is 6.54 Å². The molecule has 108 valence electrons. The van der Waals surface area contributed by atoms with E-state index >= 15 is 0 Å². The van der Waals surface area contributed by atoms with E-state index in [4.69, 9.17) is 0 Å². The molecule has 0 radical (unpaired) electrons. The summed E-state index contributed by atoms with van der Waals surface area (Å²) in [7, 11) is -3.56. The van der Waals surface area contributed by atoms with Crippen LogP contribution >= 0.6 is 0 Å². The Hall–Kier alpha value is -0.910. The van der Waals surface area contributed by atoms with Gasteiger partial charge in [-0.15, -0.1) is 0 Å². The summed E-state index contributed by atoms with van der Waals surface area (Å²) in [6.45, 7) is 7.53. The van der Waals surface area contributed by atoms with Gasteiger partial charge in [-0.3, -0.25) is 0 Å². The number of nitrogens with one attached hydrogen (secondary N) is 1. The van der Waals surface area contributed by atoms with E-state index in [0.717, 1.165) is 12.0 Å². The first-order valence-corrected chi connectivity index (χ1v) is 8.01. The lowest BCUT2D eigenvalue weighted by Crippen LogP contribution is -2.35. The van der Waals surface area contributed by atoms with E-state index < -0.39 is 16.1 Å². The maximum Gasteiger partial charge on any atom is 0.240 e. The van der Waals surface area contributed by atoms with Crippen LogP contribution in [0.3, 0.4) is 0 Å². The van der Waals surface area contributed by atoms with Crippen molar-refractivity contribution in [2.45, 2.75) is 45.1 Å². The smallest absolute Gasteiger partial charge is 0.240 e. The molecule has 2 unspecified atom stereocenters. The first kappa shape index (κ1) is 16.1. The fraction of sp³-hybridized carbons (Fsp3) is 0.571. The number of rotatable bonds is 6. The normalized spacial score (nSPS) is 15.2. The van der Waals surface area contributed by atoms with Crippen molar-refractivity contribution in [2.75, 3.05) is 6.54 Å². The first-order chi connectivity index (χ1) is 8.77. The van der Waals surface area contributed by atoms with Crippen LogP contribution in [0.15, 0.2) is 23.1 Å². The number of aliphatic hydroxyl groups is 1. The highest BCUT2D eigenvalue weighted by molar-refractivity contribution is 7.89. The highest BCUT2D eigenvalue weighted by Crippen LogP contribution is 2.17. The summed E-state index contributed by atoms with van der Waals surface area (Å²) >= 11 is 0. The second-order valence-corrected chi connectivity index (χ2v) is 6.81. The molecule has 0 fully saturated rings. The molecular formula is C14H23NO3S. The van der Waals surface area contributed by atoms with Crippen LogP contribution in [0.5, 0.6) is 0 Å². The Morgan fingerprint density at radius 1 is 1.32 bits per heavy atom. The number of benzene rings is 1. The Morgan fingerprint density at radius 2 is 1.95 bits per heavy atom. The predicted octanol–water partition coefficient (Wildman–Crippen LogP) is 1.99. The van der Waals surface area contributed by atoms with Crippen molar-refractivity contribution in [1.82, 2.24) is 4.72 Å². The van der Waals surface area contributed by atoms with Crippen molar-refractivity contribution in [3.05, 3.63) is 29.3 Å². The quantitative estimate of drug-likeness (QED) is 0.840. The third-order valence-corrected chi connectivity index (χ3v) is 4.98. The summed E-state index contributed by atoms with van der Waals surface area (Å²) in [5.74, 6) is 0.0707. The fourth-order valence-electron chi connectivity index (χ4n) is 1.74. The van der Waals surface area contributed by atoms with E-state index in [2.05, 4.69) is 4.72 Å². The van der Waals surface area contributed by atoms with Crippen molar-refractivity contribution in [2.24, 2.45) is 5.92 Å². The second-order valence-electron chi connectivity index (χ2n) is 5.07. The van der Waals surface area contributed by atoms with Gasteiger partial charge >= 0.3 is 0 Å². The molecule has 1 aromatic rings. The topological polar surface area (TPSA) is 66.4 Å². The zero-order valence-electron chi connectivity index (χ0n) is 12.0. The van der Waals surface area contributed by atoms with Crippen molar-refractivity contribution in [3.8, 4) is 0 Å². The van der Waals surface area contributed by atoms with Crippen molar-refractivity contribution in [1.29, 1.82) is 0 Å². The number of hydrogen-bond acceptors (Lipinski definition) is 3. The number of sulfonamides is 1. The SMILES string of the molecule is CCC(C)C(O)CNS(=O)(=O)c1cc(C)ccc1C. The van der Waals surface area contributed by atoms with Crippen LogP contribution in [0.25, 0.3) is 0 Å². The number of hydrogen-bond donors (Lipinski definition) is 2. The molecule has 0 aliphatic heterocycles. The minimum atomic E-state index is -3.56. The van der Waals surface area contributed by atoms with Gasteiger partial charge in [-0.1, -0.05) is 32.4 Å². The first-order valence-electron chi connectivity index (χ1n) is 6.53. The van der Waals surface area contributed by atoms with Gasteiger partial charge in [-0.25, -0.2) is 13.1 Å². The molecule has 4 nitrogen and oxygen atoms in total. The molecule has 1 aromatic carbocycles. The molecule has 0 amide bonds. The van der Waals surface area contributed by atoms with Gasteiger partial charge in [-0.05, 0) is 37.0 Å². The predicted molar refractivity (Wildman–Crippen MR) is 76.6 cm³/mol. The van der Waals surface area contributed by atoms with E-state index in [9.17, 15) is 13.5 Å². The average molecular weight is 285 g/mol. The van der Waals surface area contributed by atoms with Crippen LogP contribution in [0.4, 0.5) is 0 Å². The largest absolute Gasteiger partial charge is 0.391 e. The molecule has 0 heterocycles. The minimum absolute atomic E-state index is 0.0464. The highest BCUT2D eigenvalue weighted by Gasteiger charge is 2.20. The van der Waals surface area contributed by atoms with Crippen molar-refractivity contribution >= 4 is 10.0 Å². The van der Waals surface area contributed by atoms with Gasteiger partial charge < -0.3 is 5.11 Å². The molecule has 5 heteroatoms. The molecule has 0 spiro atoms. The lowest BCUT2D eigenvalue weighted by atomic mass is 10.0. The van der Waals surface area contributed by atoms with Crippen LogP contribution in [0.1, 0.15) is 31.4 Å². The van der Waals surface area contributed by atoms with Gasteiger partial charge in [0.1, 0.15) is 0 Å². The maximum atomic E-state index is 12.2. The monoisotopic (exact) mass is 285 g/mol. The Morgan fingerprint density at radius 3 is 2.53 bits per heavy atom. The lowest BCUT2D eigenvalue weighted by molar-refractivity contribution is 0.118. The third-order valence-electron chi connectivity index (χ3n) is 3.42. The van der Waals surface area contributed by atoms with Crippen molar-refractivity contribution in [3.63, 3.8) is 0 Å². The van der Waals surface area contributed by atoms with Crippen LogP contribution in [-0.2, 0) is 10.0 Å². The van der Waals surface area contributed by atoms with Gasteiger partial charge in [0.2, 0.25) is 10.0 Å². The molecule has 0 aliphatic carbocycles. The summed E-state index contributed by atoms with van der Waals surface area (Å²) in [6, 6.07) is 5.31. The van der Waals surface area contributed by atoms with Crippen LogP contribution < -0.4 is 4.72 Å². The zero-order valence-corrected chi connectivity index (χ0v) is 12.8.